The first kappa shape index (κ1) is 13.3. The Morgan fingerprint density at radius 3 is 2.94 bits per heavy atom. The fourth-order valence-corrected chi connectivity index (χ4v) is 3.65. The SMILES string of the molecule is Brc1cc(CNCCCc2ncc[nH]2)sc1Br. The van der Waals surface area contributed by atoms with E-state index in [0.29, 0.717) is 0 Å². The number of H-pyrrole nitrogens is 1. The molecule has 3 nitrogen and oxygen atoms in total. The Hall–Kier alpha value is -0.170. The number of aryl methyl sites for hydroxylation is 1. The van der Waals surface area contributed by atoms with Crippen molar-refractivity contribution in [1.82, 2.24) is 15.3 Å². The van der Waals surface area contributed by atoms with Crippen molar-refractivity contribution in [3.05, 3.63) is 37.4 Å². The van der Waals surface area contributed by atoms with Crippen LogP contribution in [0.25, 0.3) is 0 Å². The van der Waals surface area contributed by atoms with Gasteiger partial charge < -0.3 is 10.3 Å². The molecule has 0 saturated heterocycles. The van der Waals surface area contributed by atoms with Crippen LogP contribution in [-0.2, 0) is 13.0 Å². The lowest BCUT2D eigenvalue weighted by molar-refractivity contribution is 0.645. The molecule has 0 radical (unpaired) electrons. The van der Waals surface area contributed by atoms with Gasteiger partial charge in [-0.15, -0.1) is 11.3 Å². The smallest absolute Gasteiger partial charge is 0.106 e. The minimum atomic E-state index is 0.924. The number of aromatic nitrogens is 2. The van der Waals surface area contributed by atoms with Crippen molar-refractivity contribution in [2.45, 2.75) is 19.4 Å². The van der Waals surface area contributed by atoms with Crippen LogP contribution in [-0.4, -0.2) is 16.5 Å². The van der Waals surface area contributed by atoms with Crippen molar-refractivity contribution in [3.63, 3.8) is 0 Å². The molecule has 0 aliphatic rings. The molecule has 2 N–H and O–H groups in total. The van der Waals surface area contributed by atoms with Crippen molar-refractivity contribution in [2.75, 3.05) is 6.54 Å². The molecule has 0 aromatic carbocycles. The van der Waals surface area contributed by atoms with Gasteiger partial charge in [0.1, 0.15) is 5.82 Å². The van der Waals surface area contributed by atoms with Gasteiger partial charge in [0.05, 0.1) is 3.79 Å². The zero-order valence-electron chi connectivity index (χ0n) is 9.17. The standard InChI is InChI=1S/C11H13Br2N3S/c12-9-6-8(17-11(9)13)7-14-3-1-2-10-15-4-5-16-10/h4-6,14H,1-3,7H2,(H,15,16). The molecule has 92 valence electrons. The Labute approximate surface area is 121 Å². The molecule has 0 bridgehead atoms. The Kier molecular flexibility index (Phi) is 5.21. The highest BCUT2D eigenvalue weighted by Gasteiger charge is 2.03. The number of hydrogen-bond donors (Lipinski definition) is 2. The predicted octanol–water partition coefficient (Wildman–Crippen LogP) is 3.72. The predicted molar refractivity (Wildman–Crippen MR) is 78.3 cm³/mol. The topological polar surface area (TPSA) is 40.7 Å². The van der Waals surface area contributed by atoms with Gasteiger partial charge in [0, 0.05) is 34.7 Å². The van der Waals surface area contributed by atoms with E-state index in [4.69, 9.17) is 0 Å². The van der Waals surface area contributed by atoms with Gasteiger partial charge in [0.15, 0.2) is 0 Å². The van der Waals surface area contributed by atoms with E-state index in [9.17, 15) is 0 Å². The molecule has 6 heteroatoms. The van der Waals surface area contributed by atoms with Crippen LogP contribution in [0.1, 0.15) is 17.1 Å². The Morgan fingerprint density at radius 2 is 2.29 bits per heavy atom. The minimum Gasteiger partial charge on any atom is -0.349 e. The number of thiophene rings is 1. The van der Waals surface area contributed by atoms with Gasteiger partial charge in [-0.1, -0.05) is 0 Å². The van der Waals surface area contributed by atoms with E-state index in [2.05, 4.69) is 53.2 Å². The van der Waals surface area contributed by atoms with Crippen molar-refractivity contribution in [2.24, 2.45) is 0 Å². The van der Waals surface area contributed by atoms with E-state index in [1.54, 1.807) is 17.5 Å². The van der Waals surface area contributed by atoms with Crippen LogP contribution in [0, 0.1) is 0 Å². The van der Waals surface area contributed by atoms with Crippen molar-refractivity contribution in [3.8, 4) is 0 Å². The number of aromatic amines is 1. The molecule has 0 aliphatic heterocycles. The highest BCUT2D eigenvalue weighted by Crippen LogP contribution is 2.32. The van der Waals surface area contributed by atoms with Crippen LogP contribution in [0.3, 0.4) is 0 Å². The molecule has 2 aromatic rings. The Balaban J connectivity index is 1.63. The average Bonchev–Trinajstić information content (AvgIpc) is 2.90. The monoisotopic (exact) mass is 377 g/mol. The Bertz CT molecular complexity index is 434. The summed E-state index contributed by atoms with van der Waals surface area (Å²) in [5.74, 6) is 1.06. The molecule has 0 spiro atoms. The summed E-state index contributed by atoms with van der Waals surface area (Å²) in [6.07, 6.45) is 5.76. The molecule has 0 fully saturated rings. The number of nitrogens with zero attached hydrogens (tertiary/aromatic N) is 1. The van der Waals surface area contributed by atoms with Crippen molar-refractivity contribution >= 4 is 43.2 Å². The van der Waals surface area contributed by atoms with Crippen LogP contribution in [0.5, 0.6) is 0 Å². The summed E-state index contributed by atoms with van der Waals surface area (Å²) in [4.78, 5) is 8.64. The molecule has 0 saturated carbocycles. The third kappa shape index (κ3) is 4.21. The molecule has 0 aliphatic carbocycles. The second-order valence-corrected chi connectivity index (χ2v) is 6.96. The summed E-state index contributed by atoms with van der Waals surface area (Å²) in [7, 11) is 0. The van der Waals surface area contributed by atoms with Gasteiger partial charge in [0.2, 0.25) is 0 Å². The second-order valence-electron chi connectivity index (χ2n) is 3.65. The lowest BCUT2D eigenvalue weighted by Crippen LogP contribution is -2.14. The molecular weight excluding hydrogens is 366 g/mol. The third-order valence-corrected chi connectivity index (χ3v) is 5.57. The molecule has 2 heterocycles. The van der Waals surface area contributed by atoms with Crippen molar-refractivity contribution < 1.29 is 0 Å². The average molecular weight is 379 g/mol. The summed E-state index contributed by atoms with van der Waals surface area (Å²) in [5.41, 5.74) is 0. The molecular formula is C11H13Br2N3S. The second kappa shape index (κ2) is 6.68. The number of hydrogen-bond acceptors (Lipinski definition) is 3. The van der Waals surface area contributed by atoms with Gasteiger partial charge in [0.25, 0.3) is 0 Å². The lowest BCUT2D eigenvalue weighted by Gasteiger charge is -2.01. The number of rotatable bonds is 6. The van der Waals surface area contributed by atoms with E-state index < -0.39 is 0 Å². The van der Waals surface area contributed by atoms with E-state index >= 15 is 0 Å². The third-order valence-electron chi connectivity index (χ3n) is 2.32. The normalized spacial score (nSPS) is 10.9. The Morgan fingerprint density at radius 1 is 1.41 bits per heavy atom. The summed E-state index contributed by atoms with van der Waals surface area (Å²) < 4.78 is 2.29. The zero-order valence-corrected chi connectivity index (χ0v) is 13.2. The summed E-state index contributed by atoms with van der Waals surface area (Å²) in [6, 6.07) is 2.15. The van der Waals surface area contributed by atoms with E-state index in [1.165, 1.54) is 4.88 Å². The maximum atomic E-state index is 4.19. The van der Waals surface area contributed by atoms with Gasteiger partial charge >= 0.3 is 0 Å². The maximum Gasteiger partial charge on any atom is 0.106 e. The van der Waals surface area contributed by atoms with Crippen LogP contribution in [0.15, 0.2) is 26.7 Å². The van der Waals surface area contributed by atoms with Crippen LogP contribution >= 0.6 is 43.2 Å². The molecule has 17 heavy (non-hydrogen) atoms. The maximum absolute atomic E-state index is 4.19. The van der Waals surface area contributed by atoms with Crippen LogP contribution < -0.4 is 5.32 Å². The number of nitrogens with one attached hydrogen (secondary N) is 2. The largest absolute Gasteiger partial charge is 0.349 e. The zero-order chi connectivity index (χ0) is 12.1. The molecule has 0 atom stereocenters. The number of imidazole rings is 1. The fraction of sp³-hybridized carbons (Fsp3) is 0.364. The van der Waals surface area contributed by atoms with Crippen molar-refractivity contribution in [1.29, 1.82) is 0 Å². The highest BCUT2D eigenvalue weighted by molar-refractivity contribution is 9.13. The van der Waals surface area contributed by atoms with Crippen LogP contribution in [0.2, 0.25) is 0 Å². The first-order chi connectivity index (χ1) is 8.25. The van der Waals surface area contributed by atoms with Crippen LogP contribution in [0.4, 0.5) is 0 Å². The highest BCUT2D eigenvalue weighted by atomic mass is 79.9. The van der Waals surface area contributed by atoms with Gasteiger partial charge in [-0.05, 0) is 50.9 Å². The summed E-state index contributed by atoms with van der Waals surface area (Å²) >= 11 is 8.74. The summed E-state index contributed by atoms with van der Waals surface area (Å²) in [5, 5.41) is 3.43. The van der Waals surface area contributed by atoms with Gasteiger partial charge in [-0.25, -0.2) is 4.98 Å². The minimum absolute atomic E-state index is 0.924. The summed E-state index contributed by atoms with van der Waals surface area (Å²) in [6.45, 7) is 1.93. The van der Waals surface area contributed by atoms with Gasteiger partial charge in [-0.3, -0.25) is 0 Å². The number of halogens is 2. The first-order valence-corrected chi connectivity index (χ1v) is 7.78. The van der Waals surface area contributed by atoms with E-state index in [1.807, 2.05) is 6.20 Å². The van der Waals surface area contributed by atoms with E-state index in [0.717, 1.165) is 40.0 Å². The van der Waals surface area contributed by atoms with Gasteiger partial charge in [-0.2, -0.15) is 0 Å². The van der Waals surface area contributed by atoms with E-state index in [-0.39, 0.29) is 0 Å². The quantitative estimate of drug-likeness (QED) is 0.752. The molecule has 0 unspecified atom stereocenters. The molecule has 2 rings (SSSR count). The fourth-order valence-electron chi connectivity index (χ4n) is 1.51. The lowest BCUT2D eigenvalue weighted by atomic mass is 10.3. The molecule has 0 amide bonds. The molecule has 2 aromatic heterocycles. The first-order valence-electron chi connectivity index (χ1n) is 5.38.